The van der Waals surface area contributed by atoms with Gasteiger partial charge in [-0.1, -0.05) is 0 Å². The molecule has 1 saturated carbocycles. The van der Waals surface area contributed by atoms with E-state index in [1.165, 1.54) is 0 Å². The lowest BCUT2D eigenvalue weighted by Crippen LogP contribution is -2.47. The molecule has 4 heteroatoms. The summed E-state index contributed by atoms with van der Waals surface area (Å²) in [5.74, 6) is 0.789. The summed E-state index contributed by atoms with van der Waals surface area (Å²) in [6.45, 7) is 0. The Morgan fingerprint density at radius 2 is 2.21 bits per heavy atom. The van der Waals surface area contributed by atoms with Crippen molar-refractivity contribution in [3.05, 3.63) is 0 Å². The Morgan fingerprint density at radius 3 is 2.79 bits per heavy atom. The van der Waals surface area contributed by atoms with Crippen molar-refractivity contribution >= 4 is 17.5 Å². The van der Waals surface area contributed by atoms with Crippen molar-refractivity contribution < 1.29 is 9.53 Å². The van der Waals surface area contributed by atoms with Gasteiger partial charge < -0.3 is 10.1 Å². The van der Waals surface area contributed by atoms with Crippen LogP contribution < -0.4 is 5.32 Å². The van der Waals surface area contributed by atoms with E-state index < -0.39 is 0 Å². The normalized spacial score (nSPS) is 25.6. The van der Waals surface area contributed by atoms with Crippen LogP contribution in [0.4, 0.5) is 0 Å². The van der Waals surface area contributed by atoms with Crippen molar-refractivity contribution in [2.24, 2.45) is 0 Å². The van der Waals surface area contributed by atoms with Crippen LogP contribution in [0, 0.1) is 0 Å². The molecule has 0 bridgehead atoms. The van der Waals surface area contributed by atoms with E-state index in [1.807, 2.05) is 0 Å². The molecule has 0 radical (unpaired) electrons. The first-order valence-corrected chi connectivity index (χ1v) is 5.68. The van der Waals surface area contributed by atoms with Crippen molar-refractivity contribution in [3.63, 3.8) is 0 Å². The van der Waals surface area contributed by atoms with E-state index in [-0.39, 0.29) is 5.91 Å². The van der Waals surface area contributed by atoms with Gasteiger partial charge in [0.2, 0.25) is 5.91 Å². The summed E-state index contributed by atoms with van der Waals surface area (Å²) < 4.78 is 5.13. The number of rotatable bonds is 6. The smallest absolute Gasteiger partial charge is 0.220 e. The van der Waals surface area contributed by atoms with E-state index >= 15 is 0 Å². The van der Waals surface area contributed by atoms with Crippen molar-refractivity contribution in [3.8, 4) is 0 Å². The number of ether oxygens (including phenoxy) is 1. The van der Waals surface area contributed by atoms with E-state index in [2.05, 4.69) is 5.32 Å². The summed E-state index contributed by atoms with van der Waals surface area (Å²) >= 11 is 5.52. The minimum Gasteiger partial charge on any atom is -0.381 e. The second-order valence-corrected chi connectivity index (χ2v) is 4.12. The summed E-state index contributed by atoms with van der Waals surface area (Å²) in [5, 5.41) is 2.98. The Balaban J connectivity index is 1.99. The number of hydrogen-bond acceptors (Lipinski definition) is 2. The summed E-state index contributed by atoms with van der Waals surface area (Å²) in [5.41, 5.74) is 0. The van der Waals surface area contributed by atoms with Gasteiger partial charge in [-0.3, -0.25) is 4.79 Å². The van der Waals surface area contributed by atoms with Crippen molar-refractivity contribution in [2.75, 3.05) is 13.0 Å². The highest BCUT2D eigenvalue weighted by Gasteiger charge is 2.29. The van der Waals surface area contributed by atoms with Crippen LogP contribution in [0.15, 0.2) is 0 Å². The Labute approximate surface area is 90.1 Å². The molecule has 0 saturated heterocycles. The molecule has 1 amide bonds. The number of hydrogen-bond donors (Lipinski definition) is 1. The molecular weight excluding hydrogens is 202 g/mol. The maximum atomic E-state index is 11.3. The van der Waals surface area contributed by atoms with Gasteiger partial charge >= 0.3 is 0 Å². The molecule has 0 heterocycles. The molecule has 1 aliphatic rings. The quantitative estimate of drug-likeness (QED) is 0.546. The van der Waals surface area contributed by atoms with Crippen LogP contribution in [0.2, 0.25) is 0 Å². The highest BCUT2D eigenvalue weighted by molar-refractivity contribution is 6.17. The molecule has 0 spiro atoms. The lowest BCUT2D eigenvalue weighted by atomic mass is 9.89. The standard InChI is InChI=1S/C10H18ClNO2/c1-14-9-6-8(7-9)12-10(13)4-2-3-5-11/h8-9H,2-7H2,1H3,(H,12,13). The molecule has 1 aliphatic carbocycles. The van der Waals surface area contributed by atoms with Crippen LogP contribution in [0.1, 0.15) is 32.1 Å². The molecule has 0 atom stereocenters. The number of amides is 1. The van der Waals surface area contributed by atoms with E-state index in [0.29, 0.717) is 24.4 Å². The topological polar surface area (TPSA) is 38.3 Å². The monoisotopic (exact) mass is 219 g/mol. The van der Waals surface area contributed by atoms with Gasteiger partial charge in [0.05, 0.1) is 6.10 Å². The summed E-state index contributed by atoms with van der Waals surface area (Å²) in [6, 6.07) is 0.337. The average Bonchev–Trinajstić information content (AvgIpc) is 2.11. The third kappa shape index (κ3) is 3.84. The molecule has 1 rings (SSSR count). The molecule has 0 aromatic carbocycles. The van der Waals surface area contributed by atoms with E-state index in [0.717, 1.165) is 25.7 Å². The molecule has 1 N–H and O–H groups in total. The predicted molar refractivity (Wildman–Crippen MR) is 56.5 cm³/mol. The molecular formula is C10H18ClNO2. The van der Waals surface area contributed by atoms with Crippen LogP contribution >= 0.6 is 11.6 Å². The van der Waals surface area contributed by atoms with Gasteiger partial charge in [0.15, 0.2) is 0 Å². The second-order valence-electron chi connectivity index (χ2n) is 3.74. The molecule has 14 heavy (non-hydrogen) atoms. The van der Waals surface area contributed by atoms with Crippen LogP contribution in [-0.2, 0) is 9.53 Å². The molecule has 1 fully saturated rings. The predicted octanol–water partition coefficient (Wildman–Crippen LogP) is 1.69. The van der Waals surface area contributed by atoms with Gasteiger partial charge in [0.25, 0.3) is 0 Å². The Kier molecular flexibility index (Phi) is 5.26. The molecule has 82 valence electrons. The van der Waals surface area contributed by atoms with Crippen molar-refractivity contribution in [1.82, 2.24) is 5.32 Å². The van der Waals surface area contributed by atoms with E-state index in [9.17, 15) is 4.79 Å². The number of halogens is 1. The molecule has 0 aromatic heterocycles. The first kappa shape index (κ1) is 11.8. The van der Waals surface area contributed by atoms with Crippen LogP contribution in [0.25, 0.3) is 0 Å². The molecule has 0 aromatic rings. The number of methoxy groups -OCH3 is 1. The number of nitrogens with one attached hydrogen (secondary N) is 1. The number of carbonyl (C=O) groups excluding carboxylic acids is 1. The summed E-state index contributed by atoms with van der Waals surface area (Å²) in [7, 11) is 1.71. The Bertz CT molecular complexity index is 181. The second kappa shape index (κ2) is 6.25. The van der Waals surface area contributed by atoms with Gasteiger partial charge in [-0.15, -0.1) is 11.6 Å². The maximum Gasteiger partial charge on any atom is 0.220 e. The third-order valence-electron chi connectivity index (χ3n) is 2.58. The lowest BCUT2D eigenvalue weighted by Gasteiger charge is -2.34. The fourth-order valence-corrected chi connectivity index (χ4v) is 1.74. The van der Waals surface area contributed by atoms with Gasteiger partial charge in [-0.2, -0.15) is 0 Å². The van der Waals surface area contributed by atoms with Crippen LogP contribution in [-0.4, -0.2) is 31.0 Å². The summed E-state index contributed by atoms with van der Waals surface area (Å²) in [6.07, 6.45) is 4.66. The lowest BCUT2D eigenvalue weighted by molar-refractivity contribution is -0.123. The zero-order chi connectivity index (χ0) is 10.4. The molecule has 0 aliphatic heterocycles. The Morgan fingerprint density at radius 1 is 1.50 bits per heavy atom. The summed E-state index contributed by atoms with van der Waals surface area (Å²) in [4.78, 5) is 11.3. The largest absolute Gasteiger partial charge is 0.381 e. The first-order valence-electron chi connectivity index (χ1n) is 5.14. The fraction of sp³-hybridized carbons (Fsp3) is 0.900. The van der Waals surface area contributed by atoms with Crippen molar-refractivity contribution in [2.45, 2.75) is 44.2 Å². The highest BCUT2D eigenvalue weighted by atomic mass is 35.5. The average molecular weight is 220 g/mol. The van der Waals surface area contributed by atoms with E-state index in [4.69, 9.17) is 16.3 Å². The number of unbranched alkanes of at least 4 members (excludes halogenated alkanes) is 1. The maximum absolute atomic E-state index is 11.3. The van der Waals surface area contributed by atoms with Crippen LogP contribution in [0.3, 0.4) is 0 Å². The molecule has 0 unspecified atom stereocenters. The zero-order valence-electron chi connectivity index (χ0n) is 8.59. The third-order valence-corrected chi connectivity index (χ3v) is 2.85. The zero-order valence-corrected chi connectivity index (χ0v) is 9.35. The Hall–Kier alpha value is -0.280. The molecule has 3 nitrogen and oxygen atoms in total. The van der Waals surface area contributed by atoms with Gasteiger partial charge in [-0.05, 0) is 25.7 Å². The van der Waals surface area contributed by atoms with Crippen molar-refractivity contribution in [1.29, 1.82) is 0 Å². The number of carbonyl (C=O) groups is 1. The number of alkyl halides is 1. The van der Waals surface area contributed by atoms with Gasteiger partial charge in [-0.25, -0.2) is 0 Å². The minimum absolute atomic E-state index is 0.148. The minimum atomic E-state index is 0.148. The van der Waals surface area contributed by atoms with Crippen LogP contribution in [0.5, 0.6) is 0 Å². The van der Waals surface area contributed by atoms with E-state index in [1.54, 1.807) is 7.11 Å². The SMILES string of the molecule is COC1CC(NC(=O)CCCCCl)C1. The van der Waals surface area contributed by atoms with Gasteiger partial charge in [0.1, 0.15) is 0 Å². The highest BCUT2D eigenvalue weighted by Crippen LogP contribution is 2.22. The van der Waals surface area contributed by atoms with Gasteiger partial charge in [0, 0.05) is 25.5 Å². The fourth-order valence-electron chi connectivity index (χ4n) is 1.56. The first-order chi connectivity index (χ1) is 6.76.